The molecule has 0 aliphatic heterocycles. The van der Waals surface area contributed by atoms with Gasteiger partial charge in [-0.3, -0.25) is 0 Å². The third-order valence-corrected chi connectivity index (χ3v) is 3.32. The second kappa shape index (κ2) is 5.37. The van der Waals surface area contributed by atoms with E-state index >= 15 is 0 Å². The first-order valence-corrected chi connectivity index (χ1v) is 6.26. The Morgan fingerprint density at radius 2 is 2.24 bits per heavy atom. The normalized spacial score (nSPS) is 10.8. The first-order chi connectivity index (χ1) is 8.22. The Labute approximate surface area is 108 Å². The number of aromatic nitrogens is 4. The largest absolute Gasteiger partial charge is 0.310 e. The molecular formula is C11H14BrN5. The summed E-state index contributed by atoms with van der Waals surface area (Å²) >= 11 is 3.51. The summed E-state index contributed by atoms with van der Waals surface area (Å²) in [4.78, 5) is 0. The van der Waals surface area contributed by atoms with E-state index in [0.29, 0.717) is 6.54 Å². The third-order valence-electron chi connectivity index (χ3n) is 2.47. The highest BCUT2D eigenvalue weighted by molar-refractivity contribution is 9.10. The lowest BCUT2D eigenvalue weighted by Gasteiger charge is -2.06. The zero-order valence-corrected chi connectivity index (χ0v) is 11.4. The Kier molecular flexibility index (Phi) is 3.86. The van der Waals surface area contributed by atoms with Gasteiger partial charge in [0.25, 0.3) is 0 Å². The van der Waals surface area contributed by atoms with E-state index < -0.39 is 0 Å². The SMILES string of the molecule is CCNCc1nnnn1-c1ccc(C)c(Br)c1. The van der Waals surface area contributed by atoms with Gasteiger partial charge in [0.2, 0.25) is 0 Å². The summed E-state index contributed by atoms with van der Waals surface area (Å²) in [6, 6.07) is 6.06. The molecule has 90 valence electrons. The Morgan fingerprint density at radius 3 is 2.94 bits per heavy atom. The fraction of sp³-hybridized carbons (Fsp3) is 0.364. The summed E-state index contributed by atoms with van der Waals surface area (Å²) in [6.45, 7) is 5.66. The topological polar surface area (TPSA) is 55.6 Å². The number of hydrogen-bond donors (Lipinski definition) is 1. The molecule has 1 N–H and O–H groups in total. The van der Waals surface area contributed by atoms with Gasteiger partial charge in [-0.2, -0.15) is 4.68 Å². The van der Waals surface area contributed by atoms with Crippen LogP contribution in [0, 0.1) is 6.92 Å². The minimum Gasteiger partial charge on any atom is -0.310 e. The van der Waals surface area contributed by atoms with E-state index in [2.05, 4.69) is 43.7 Å². The van der Waals surface area contributed by atoms with Crippen LogP contribution in [0.2, 0.25) is 0 Å². The van der Waals surface area contributed by atoms with Crippen LogP contribution in [-0.4, -0.2) is 26.8 Å². The standard InChI is InChI=1S/C11H14BrN5/c1-3-13-7-11-14-15-16-17(11)9-5-4-8(2)10(12)6-9/h4-6,13H,3,7H2,1-2H3. The number of tetrazole rings is 1. The fourth-order valence-corrected chi connectivity index (χ4v) is 1.83. The van der Waals surface area contributed by atoms with Crippen molar-refractivity contribution in [3.8, 4) is 5.69 Å². The van der Waals surface area contributed by atoms with E-state index in [0.717, 1.165) is 22.5 Å². The molecule has 0 unspecified atom stereocenters. The molecule has 17 heavy (non-hydrogen) atoms. The third kappa shape index (κ3) is 2.70. The maximum Gasteiger partial charge on any atom is 0.170 e. The summed E-state index contributed by atoms with van der Waals surface area (Å²) in [6.07, 6.45) is 0. The molecule has 0 aliphatic carbocycles. The van der Waals surface area contributed by atoms with Crippen molar-refractivity contribution >= 4 is 15.9 Å². The molecular weight excluding hydrogens is 282 g/mol. The average molecular weight is 296 g/mol. The molecule has 0 amide bonds. The highest BCUT2D eigenvalue weighted by Crippen LogP contribution is 2.19. The summed E-state index contributed by atoms with van der Waals surface area (Å²) in [5.74, 6) is 0.808. The molecule has 1 heterocycles. The van der Waals surface area contributed by atoms with Crippen LogP contribution in [0.25, 0.3) is 5.69 Å². The van der Waals surface area contributed by atoms with E-state index in [9.17, 15) is 0 Å². The van der Waals surface area contributed by atoms with E-state index in [1.54, 1.807) is 4.68 Å². The van der Waals surface area contributed by atoms with Gasteiger partial charge in [-0.1, -0.05) is 28.9 Å². The van der Waals surface area contributed by atoms with Crippen LogP contribution in [0.3, 0.4) is 0 Å². The van der Waals surface area contributed by atoms with Gasteiger partial charge in [-0.25, -0.2) is 0 Å². The lowest BCUT2D eigenvalue weighted by Crippen LogP contribution is -2.16. The molecule has 0 bridgehead atoms. The average Bonchev–Trinajstić information content (AvgIpc) is 2.78. The van der Waals surface area contributed by atoms with Crippen LogP contribution in [-0.2, 0) is 6.54 Å². The van der Waals surface area contributed by atoms with Crippen molar-refractivity contribution in [3.63, 3.8) is 0 Å². The highest BCUT2D eigenvalue weighted by Gasteiger charge is 2.08. The van der Waals surface area contributed by atoms with Crippen molar-refractivity contribution in [3.05, 3.63) is 34.1 Å². The van der Waals surface area contributed by atoms with E-state index in [1.807, 2.05) is 25.1 Å². The Morgan fingerprint density at radius 1 is 1.41 bits per heavy atom. The molecule has 2 aromatic rings. The number of rotatable bonds is 4. The van der Waals surface area contributed by atoms with E-state index in [1.165, 1.54) is 5.56 Å². The van der Waals surface area contributed by atoms with Crippen LogP contribution in [0.5, 0.6) is 0 Å². The summed E-state index contributed by atoms with van der Waals surface area (Å²) in [7, 11) is 0. The van der Waals surface area contributed by atoms with Crippen LogP contribution >= 0.6 is 15.9 Å². The van der Waals surface area contributed by atoms with Crippen molar-refractivity contribution < 1.29 is 0 Å². The first-order valence-electron chi connectivity index (χ1n) is 5.47. The molecule has 0 radical (unpaired) electrons. The Balaban J connectivity index is 2.32. The van der Waals surface area contributed by atoms with Crippen LogP contribution in [0.4, 0.5) is 0 Å². The molecule has 0 saturated heterocycles. The molecule has 2 rings (SSSR count). The quantitative estimate of drug-likeness (QED) is 0.935. The highest BCUT2D eigenvalue weighted by atomic mass is 79.9. The zero-order valence-electron chi connectivity index (χ0n) is 9.81. The first kappa shape index (κ1) is 12.2. The smallest absolute Gasteiger partial charge is 0.170 e. The lowest BCUT2D eigenvalue weighted by molar-refractivity contribution is 0.664. The molecule has 0 saturated carbocycles. The number of nitrogens with zero attached hydrogens (tertiary/aromatic N) is 4. The second-order valence-corrected chi connectivity index (χ2v) is 4.58. The molecule has 5 nitrogen and oxygen atoms in total. The zero-order chi connectivity index (χ0) is 12.3. The molecule has 6 heteroatoms. The van der Waals surface area contributed by atoms with Crippen molar-refractivity contribution in [2.45, 2.75) is 20.4 Å². The predicted molar refractivity (Wildman–Crippen MR) is 69.0 cm³/mol. The van der Waals surface area contributed by atoms with Gasteiger partial charge < -0.3 is 5.32 Å². The van der Waals surface area contributed by atoms with Gasteiger partial charge in [0.05, 0.1) is 12.2 Å². The fourth-order valence-electron chi connectivity index (χ4n) is 1.47. The Hall–Kier alpha value is -1.27. The summed E-state index contributed by atoms with van der Waals surface area (Å²) in [5, 5.41) is 14.9. The molecule has 1 aromatic carbocycles. The Bertz CT molecular complexity index is 508. The molecule has 0 aliphatic rings. The number of nitrogens with one attached hydrogen (secondary N) is 1. The van der Waals surface area contributed by atoms with Gasteiger partial charge in [0, 0.05) is 4.47 Å². The molecule has 0 atom stereocenters. The van der Waals surface area contributed by atoms with Gasteiger partial charge in [0.1, 0.15) is 0 Å². The minimum absolute atomic E-state index is 0.662. The number of hydrogen-bond acceptors (Lipinski definition) is 4. The van der Waals surface area contributed by atoms with Crippen molar-refractivity contribution in [1.29, 1.82) is 0 Å². The van der Waals surface area contributed by atoms with Crippen LogP contribution in [0.1, 0.15) is 18.3 Å². The second-order valence-electron chi connectivity index (χ2n) is 3.72. The maximum absolute atomic E-state index is 4.01. The van der Waals surface area contributed by atoms with Crippen molar-refractivity contribution in [1.82, 2.24) is 25.5 Å². The lowest BCUT2D eigenvalue weighted by atomic mass is 10.2. The minimum atomic E-state index is 0.662. The van der Waals surface area contributed by atoms with Crippen LogP contribution < -0.4 is 5.32 Å². The van der Waals surface area contributed by atoms with Crippen molar-refractivity contribution in [2.75, 3.05) is 6.54 Å². The van der Waals surface area contributed by atoms with E-state index in [4.69, 9.17) is 0 Å². The van der Waals surface area contributed by atoms with Gasteiger partial charge in [-0.15, -0.1) is 5.10 Å². The summed E-state index contributed by atoms with van der Waals surface area (Å²) < 4.78 is 2.80. The van der Waals surface area contributed by atoms with Gasteiger partial charge in [0.15, 0.2) is 5.82 Å². The molecule has 1 aromatic heterocycles. The van der Waals surface area contributed by atoms with Crippen molar-refractivity contribution in [2.24, 2.45) is 0 Å². The summed E-state index contributed by atoms with van der Waals surface area (Å²) in [5.41, 5.74) is 2.15. The maximum atomic E-state index is 4.01. The van der Waals surface area contributed by atoms with Crippen LogP contribution in [0.15, 0.2) is 22.7 Å². The van der Waals surface area contributed by atoms with Gasteiger partial charge >= 0.3 is 0 Å². The molecule has 0 fully saturated rings. The molecule has 0 spiro atoms. The number of aryl methyl sites for hydroxylation is 1. The van der Waals surface area contributed by atoms with E-state index in [-0.39, 0.29) is 0 Å². The number of benzene rings is 1. The van der Waals surface area contributed by atoms with Gasteiger partial charge in [-0.05, 0) is 41.6 Å². The predicted octanol–water partition coefficient (Wildman–Crippen LogP) is 1.84. The number of halogens is 1. The monoisotopic (exact) mass is 295 g/mol.